The molecule has 0 aliphatic carbocycles. The van der Waals surface area contributed by atoms with Crippen molar-refractivity contribution in [3.05, 3.63) is 0 Å². The molecule has 1 atom stereocenters. The van der Waals surface area contributed by atoms with Gasteiger partial charge in [0.1, 0.15) is 0 Å². The van der Waals surface area contributed by atoms with Gasteiger partial charge in [0.15, 0.2) is 9.84 Å². The molecule has 180 valence electrons. The van der Waals surface area contributed by atoms with Crippen LogP contribution in [0.4, 0.5) is 0 Å². The predicted molar refractivity (Wildman–Crippen MR) is 118 cm³/mol. The summed E-state index contributed by atoms with van der Waals surface area (Å²) >= 11 is 0. The number of sulfonamides is 2. The lowest BCUT2D eigenvalue weighted by Crippen LogP contribution is -2.48. The molecule has 0 saturated heterocycles. The van der Waals surface area contributed by atoms with Crippen LogP contribution < -0.4 is 20.1 Å². The number of nitrogens with one attached hydrogen (secondary N) is 4. The van der Waals surface area contributed by atoms with Gasteiger partial charge in [-0.2, -0.15) is 0 Å². The minimum absolute atomic E-state index is 0.209. The fraction of sp³-hybridized carbons (Fsp3) is 0.938. The molecule has 0 bridgehead atoms. The summed E-state index contributed by atoms with van der Waals surface area (Å²) in [7, 11) is -10.8. The Morgan fingerprint density at radius 3 is 1.83 bits per heavy atom. The van der Waals surface area contributed by atoms with Gasteiger partial charge in [0.05, 0.1) is 28.6 Å². The van der Waals surface area contributed by atoms with E-state index in [9.17, 15) is 30.0 Å². The fourth-order valence-electron chi connectivity index (χ4n) is 2.05. The average molecular weight is 493 g/mol. The minimum atomic E-state index is -3.79. The van der Waals surface area contributed by atoms with Crippen molar-refractivity contribution in [1.82, 2.24) is 20.1 Å². The first-order chi connectivity index (χ1) is 13.4. The molecular weight excluding hydrogens is 456 g/mol. The maximum atomic E-state index is 12.0. The Hall–Kier alpha value is -0.800. The van der Waals surface area contributed by atoms with Gasteiger partial charge < -0.3 is 10.6 Å². The van der Waals surface area contributed by atoms with E-state index in [-0.39, 0.29) is 36.7 Å². The highest BCUT2D eigenvalue weighted by Crippen LogP contribution is 2.00. The van der Waals surface area contributed by atoms with E-state index in [1.165, 1.54) is 20.8 Å². The number of sulfone groups is 1. The molecule has 0 aromatic carbocycles. The molecule has 0 aromatic rings. The van der Waals surface area contributed by atoms with Crippen molar-refractivity contribution in [1.29, 1.82) is 0 Å². The normalized spacial score (nSPS) is 14.6. The van der Waals surface area contributed by atoms with E-state index in [0.717, 1.165) is 0 Å². The van der Waals surface area contributed by atoms with Crippen LogP contribution in [0, 0.1) is 0 Å². The third kappa shape index (κ3) is 13.5. The maximum Gasteiger partial charge on any atom is 0.237 e. The smallest absolute Gasteiger partial charge is 0.237 e. The Morgan fingerprint density at radius 2 is 1.33 bits per heavy atom. The van der Waals surface area contributed by atoms with Crippen LogP contribution in [0.2, 0.25) is 0 Å². The van der Waals surface area contributed by atoms with Gasteiger partial charge >= 0.3 is 0 Å². The highest BCUT2D eigenvalue weighted by Gasteiger charge is 2.22. The summed E-state index contributed by atoms with van der Waals surface area (Å²) in [6.07, 6.45) is 0. The van der Waals surface area contributed by atoms with Gasteiger partial charge in [-0.1, -0.05) is 0 Å². The summed E-state index contributed by atoms with van der Waals surface area (Å²) in [5.74, 6) is -1.66. The molecule has 4 N–H and O–H groups in total. The number of hydrogen-bond donors (Lipinski definition) is 4. The van der Waals surface area contributed by atoms with Gasteiger partial charge in [0.25, 0.3) is 0 Å². The molecular formula is C16H36N4O7S3. The standard InChI is InChI=1S/C16H36N4O7S3/c1-13(2)28(22,23)10-9-19-29(24,25)11-7-17-15(21)14(3)20-30(26,27)12-8-18-16(4,5)6/h13-14,18-20H,7-12H2,1-6H3,(H,17,21). The lowest BCUT2D eigenvalue weighted by Gasteiger charge is -2.21. The third-order valence-corrected chi connectivity index (χ3v) is 8.92. The van der Waals surface area contributed by atoms with Crippen molar-refractivity contribution in [2.75, 3.05) is 36.9 Å². The van der Waals surface area contributed by atoms with Gasteiger partial charge in [0, 0.05) is 25.2 Å². The second-order valence-electron chi connectivity index (χ2n) is 8.26. The maximum absolute atomic E-state index is 12.0. The minimum Gasteiger partial charge on any atom is -0.354 e. The predicted octanol–water partition coefficient (Wildman–Crippen LogP) is -1.46. The molecule has 0 rings (SSSR count). The molecule has 14 heteroatoms. The van der Waals surface area contributed by atoms with E-state index in [1.807, 2.05) is 20.8 Å². The van der Waals surface area contributed by atoms with Gasteiger partial charge in [-0.25, -0.2) is 34.7 Å². The van der Waals surface area contributed by atoms with E-state index in [2.05, 4.69) is 20.1 Å². The van der Waals surface area contributed by atoms with Crippen molar-refractivity contribution >= 4 is 35.8 Å². The summed E-state index contributed by atoms with van der Waals surface area (Å²) in [6.45, 7) is 9.78. The second-order valence-corrected chi connectivity index (χ2v) is 14.7. The molecule has 0 fully saturated rings. The van der Waals surface area contributed by atoms with Crippen LogP contribution in [0.1, 0.15) is 41.5 Å². The zero-order valence-electron chi connectivity index (χ0n) is 18.5. The number of amides is 1. The number of carbonyl (C=O) groups excluding carboxylic acids is 1. The molecule has 0 aromatic heterocycles. The van der Waals surface area contributed by atoms with E-state index >= 15 is 0 Å². The van der Waals surface area contributed by atoms with Crippen LogP contribution >= 0.6 is 0 Å². The van der Waals surface area contributed by atoms with E-state index in [0.29, 0.717) is 0 Å². The Morgan fingerprint density at radius 1 is 0.800 bits per heavy atom. The van der Waals surface area contributed by atoms with Crippen LogP contribution in [0.25, 0.3) is 0 Å². The monoisotopic (exact) mass is 492 g/mol. The van der Waals surface area contributed by atoms with Gasteiger partial charge in [-0.15, -0.1) is 0 Å². The summed E-state index contributed by atoms with van der Waals surface area (Å²) in [5.41, 5.74) is -0.239. The lowest BCUT2D eigenvalue weighted by atomic mass is 10.1. The van der Waals surface area contributed by atoms with Gasteiger partial charge in [-0.05, 0) is 41.5 Å². The number of rotatable bonds is 14. The van der Waals surface area contributed by atoms with E-state index in [4.69, 9.17) is 0 Å². The van der Waals surface area contributed by atoms with E-state index < -0.39 is 52.8 Å². The fourth-order valence-corrected chi connectivity index (χ4v) is 5.10. The Labute approximate surface area is 181 Å². The molecule has 0 heterocycles. The largest absolute Gasteiger partial charge is 0.354 e. The molecule has 0 radical (unpaired) electrons. The summed E-state index contributed by atoms with van der Waals surface area (Å²) in [5, 5.41) is 4.78. The molecule has 0 spiro atoms. The highest BCUT2D eigenvalue weighted by atomic mass is 32.2. The SMILES string of the molecule is CC(NS(=O)(=O)CCNC(C)(C)C)C(=O)NCCS(=O)(=O)NCCS(=O)(=O)C(C)C. The van der Waals surface area contributed by atoms with Crippen LogP contribution in [0.15, 0.2) is 0 Å². The molecule has 30 heavy (non-hydrogen) atoms. The number of hydrogen-bond acceptors (Lipinski definition) is 8. The molecule has 1 unspecified atom stereocenters. The van der Waals surface area contributed by atoms with Crippen molar-refractivity contribution in [3.63, 3.8) is 0 Å². The Balaban J connectivity index is 4.39. The summed E-state index contributed by atoms with van der Waals surface area (Å²) in [4.78, 5) is 12.0. The Bertz CT molecular complexity index is 861. The summed E-state index contributed by atoms with van der Waals surface area (Å²) in [6, 6.07) is -1.07. The molecule has 0 aliphatic rings. The molecule has 0 aliphatic heterocycles. The lowest BCUT2D eigenvalue weighted by molar-refractivity contribution is -0.122. The third-order valence-electron chi connectivity index (χ3n) is 3.87. The zero-order chi connectivity index (χ0) is 23.8. The average Bonchev–Trinajstić information content (AvgIpc) is 2.51. The quantitative estimate of drug-likeness (QED) is 0.228. The van der Waals surface area contributed by atoms with Crippen LogP contribution in [-0.2, 0) is 34.7 Å². The van der Waals surface area contributed by atoms with Gasteiger partial charge in [-0.3, -0.25) is 4.79 Å². The molecule has 0 saturated carbocycles. The van der Waals surface area contributed by atoms with Crippen molar-refractivity contribution < 1.29 is 30.0 Å². The van der Waals surface area contributed by atoms with Crippen molar-refractivity contribution in [2.45, 2.75) is 58.4 Å². The first-order valence-electron chi connectivity index (χ1n) is 9.58. The van der Waals surface area contributed by atoms with Crippen LogP contribution in [0.3, 0.4) is 0 Å². The first-order valence-corrected chi connectivity index (χ1v) is 14.6. The Kier molecular flexibility index (Phi) is 11.4. The van der Waals surface area contributed by atoms with Gasteiger partial charge in [0.2, 0.25) is 26.0 Å². The second kappa shape index (κ2) is 11.7. The van der Waals surface area contributed by atoms with Crippen LogP contribution in [0.5, 0.6) is 0 Å². The number of carbonyl (C=O) groups is 1. The summed E-state index contributed by atoms with van der Waals surface area (Å²) < 4.78 is 75.6. The zero-order valence-corrected chi connectivity index (χ0v) is 20.9. The van der Waals surface area contributed by atoms with E-state index in [1.54, 1.807) is 0 Å². The van der Waals surface area contributed by atoms with Crippen molar-refractivity contribution in [3.8, 4) is 0 Å². The first kappa shape index (κ1) is 29.2. The molecule has 1 amide bonds. The van der Waals surface area contributed by atoms with Crippen molar-refractivity contribution in [2.24, 2.45) is 0 Å². The molecule has 11 nitrogen and oxygen atoms in total. The topological polar surface area (TPSA) is 168 Å². The van der Waals surface area contributed by atoms with Crippen LogP contribution in [-0.4, -0.2) is 84.9 Å². The highest BCUT2D eigenvalue weighted by molar-refractivity contribution is 7.92.